The molecular formula is C30H30Cl4N2O10P2. The standard InChI is InChI=1S/C30H30Cl4N2O10P2/c1-5-43-47(41,44-6-2)16-9-11-18(22(37)13-16)27(39)21-15-20(31)30(34)36(21)26-24(32)29(33)35-25(26)28(40)19-12-10-17(14-23(19)38)48(42,45-7-3)46-8-4/h9-15,35,37-38H,5-8H2,1-4H3. The van der Waals surface area contributed by atoms with Crippen molar-refractivity contribution in [2.45, 2.75) is 27.7 Å². The first-order chi connectivity index (χ1) is 22.7. The molecule has 0 unspecified atom stereocenters. The van der Waals surface area contributed by atoms with Crippen molar-refractivity contribution in [1.82, 2.24) is 9.55 Å². The van der Waals surface area contributed by atoms with Crippen LogP contribution in [0.1, 0.15) is 59.8 Å². The summed E-state index contributed by atoms with van der Waals surface area (Å²) in [7, 11) is -7.60. The molecular weight excluding hydrogens is 752 g/mol. The maximum atomic E-state index is 13.9. The van der Waals surface area contributed by atoms with Crippen molar-refractivity contribution in [3.05, 3.63) is 85.3 Å². The van der Waals surface area contributed by atoms with Crippen LogP contribution in [0.2, 0.25) is 20.4 Å². The first kappa shape index (κ1) is 38.2. The molecule has 2 aromatic carbocycles. The van der Waals surface area contributed by atoms with E-state index in [4.69, 9.17) is 64.5 Å². The summed E-state index contributed by atoms with van der Waals surface area (Å²) in [5, 5.41) is 21.0. The fourth-order valence-corrected chi connectivity index (χ4v) is 8.75. The van der Waals surface area contributed by atoms with Gasteiger partial charge in [0.1, 0.15) is 32.5 Å². The molecule has 0 saturated carbocycles. The molecule has 0 saturated heterocycles. The number of aromatic hydroxyl groups is 2. The van der Waals surface area contributed by atoms with Gasteiger partial charge in [0.15, 0.2) is 0 Å². The summed E-state index contributed by atoms with van der Waals surface area (Å²) in [6, 6.07) is 8.42. The lowest BCUT2D eigenvalue weighted by molar-refractivity contribution is 0.101. The summed E-state index contributed by atoms with van der Waals surface area (Å²) in [4.78, 5) is 30.5. The predicted octanol–water partition coefficient (Wildman–Crippen LogP) is 8.08. The minimum atomic E-state index is -3.80. The number of phenols is 2. The quantitative estimate of drug-likeness (QED) is 0.0793. The second kappa shape index (κ2) is 15.5. The van der Waals surface area contributed by atoms with E-state index in [2.05, 4.69) is 4.98 Å². The Morgan fingerprint density at radius 3 is 1.58 bits per heavy atom. The number of hydrogen-bond acceptors (Lipinski definition) is 10. The Bertz CT molecular complexity index is 1820. The van der Waals surface area contributed by atoms with Crippen molar-refractivity contribution >= 4 is 83.8 Å². The number of aromatic amines is 1. The molecule has 4 rings (SSSR count). The molecule has 0 aliphatic carbocycles. The van der Waals surface area contributed by atoms with Crippen molar-refractivity contribution in [1.29, 1.82) is 0 Å². The smallest absolute Gasteiger partial charge is 0.361 e. The highest BCUT2D eigenvalue weighted by Gasteiger charge is 2.34. The lowest BCUT2D eigenvalue weighted by Gasteiger charge is -2.18. The van der Waals surface area contributed by atoms with E-state index in [1.807, 2.05) is 0 Å². The number of aromatic nitrogens is 2. The number of phenolic OH excluding ortho intramolecular Hbond substituents is 2. The molecule has 48 heavy (non-hydrogen) atoms. The highest BCUT2D eigenvalue weighted by atomic mass is 35.5. The van der Waals surface area contributed by atoms with Gasteiger partial charge in [-0.1, -0.05) is 46.4 Å². The van der Waals surface area contributed by atoms with Crippen molar-refractivity contribution in [2.75, 3.05) is 26.4 Å². The fourth-order valence-electron chi connectivity index (χ4n) is 4.74. The third-order valence-corrected chi connectivity index (χ3v) is 12.5. The van der Waals surface area contributed by atoms with Crippen LogP contribution in [-0.2, 0) is 27.2 Å². The van der Waals surface area contributed by atoms with E-state index in [-0.39, 0.29) is 85.6 Å². The van der Waals surface area contributed by atoms with Crippen LogP contribution in [0.4, 0.5) is 0 Å². The number of ketones is 2. The van der Waals surface area contributed by atoms with Gasteiger partial charge in [-0.05, 0) is 70.2 Å². The minimum Gasteiger partial charge on any atom is -0.507 e. The Hall–Kier alpha value is -2.60. The number of nitrogens with zero attached hydrogens (tertiary/aromatic N) is 1. The molecule has 3 N–H and O–H groups in total. The van der Waals surface area contributed by atoms with Crippen LogP contribution < -0.4 is 10.6 Å². The number of nitrogens with one attached hydrogen (secondary N) is 1. The summed E-state index contributed by atoms with van der Waals surface area (Å²) < 4.78 is 48.8. The largest absolute Gasteiger partial charge is 0.507 e. The highest BCUT2D eigenvalue weighted by Crippen LogP contribution is 2.49. The molecule has 0 aliphatic rings. The van der Waals surface area contributed by atoms with Crippen LogP contribution in [0.15, 0.2) is 42.5 Å². The maximum absolute atomic E-state index is 13.9. The molecule has 2 aromatic heterocycles. The molecule has 4 aromatic rings. The topological polar surface area (TPSA) is 166 Å². The number of carbonyl (C=O) groups excluding carboxylic acids is 2. The Balaban J connectivity index is 1.83. The van der Waals surface area contributed by atoms with Crippen LogP contribution in [-0.4, -0.2) is 57.8 Å². The Morgan fingerprint density at radius 2 is 1.17 bits per heavy atom. The van der Waals surface area contributed by atoms with Crippen LogP contribution in [0.5, 0.6) is 11.5 Å². The van der Waals surface area contributed by atoms with Crippen LogP contribution >= 0.6 is 61.6 Å². The van der Waals surface area contributed by atoms with E-state index in [0.29, 0.717) is 0 Å². The Kier molecular flexibility index (Phi) is 12.4. The molecule has 0 bridgehead atoms. The first-order valence-corrected chi connectivity index (χ1v) is 19.0. The van der Waals surface area contributed by atoms with Gasteiger partial charge in [0, 0.05) is 0 Å². The molecule has 0 aliphatic heterocycles. The van der Waals surface area contributed by atoms with Gasteiger partial charge in [-0.15, -0.1) is 0 Å². The Labute approximate surface area is 295 Å². The lowest BCUT2D eigenvalue weighted by Crippen LogP contribution is -2.15. The van der Waals surface area contributed by atoms with Gasteiger partial charge in [-0.3, -0.25) is 23.3 Å². The fraction of sp³-hybridized carbons (Fsp3) is 0.267. The van der Waals surface area contributed by atoms with E-state index in [1.165, 1.54) is 30.3 Å². The summed E-state index contributed by atoms with van der Waals surface area (Å²) >= 11 is 25.8. The zero-order chi connectivity index (χ0) is 35.6. The van der Waals surface area contributed by atoms with Crippen LogP contribution in [0.25, 0.3) is 5.69 Å². The molecule has 2 heterocycles. The van der Waals surface area contributed by atoms with E-state index in [0.717, 1.165) is 16.7 Å². The van der Waals surface area contributed by atoms with Gasteiger partial charge < -0.3 is 33.3 Å². The number of hydrogen-bond donors (Lipinski definition) is 3. The second-order valence-corrected chi connectivity index (χ2v) is 15.3. The van der Waals surface area contributed by atoms with E-state index in [9.17, 15) is 28.9 Å². The molecule has 258 valence electrons. The number of benzene rings is 2. The minimum absolute atomic E-state index is 0.0147. The van der Waals surface area contributed by atoms with Crippen molar-refractivity contribution in [3.8, 4) is 17.2 Å². The number of carbonyl (C=O) groups is 2. The number of H-pyrrole nitrogens is 1. The maximum Gasteiger partial charge on any atom is 0.361 e. The van der Waals surface area contributed by atoms with Crippen molar-refractivity contribution in [2.24, 2.45) is 0 Å². The van der Waals surface area contributed by atoms with E-state index in [1.54, 1.807) is 27.7 Å². The third kappa shape index (κ3) is 7.30. The summed E-state index contributed by atoms with van der Waals surface area (Å²) in [6.07, 6.45) is 0. The van der Waals surface area contributed by atoms with Gasteiger partial charge in [-0.2, -0.15) is 0 Å². The number of rotatable bonds is 15. The second-order valence-electron chi connectivity index (χ2n) is 9.71. The molecule has 0 fully saturated rings. The predicted molar refractivity (Wildman–Crippen MR) is 184 cm³/mol. The third-order valence-electron chi connectivity index (χ3n) is 6.73. The zero-order valence-corrected chi connectivity index (χ0v) is 30.7. The van der Waals surface area contributed by atoms with Crippen LogP contribution in [0, 0.1) is 0 Å². The average molecular weight is 782 g/mol. The highest BCUT2D eigenvalue weighted by molar-refractivity contribution is 7.62. The molecule has 12 nitrogen and oxygen atoms in total. The van der Waals surface area contributed by atoms with Crippen molar-refractivity contribution < 1.29 is 47.0 Å². The Morgan fingerprint density at radius 1 is 0.729 bits per heavy atom. The normalized spacial score (nSPS) is 12.1. The summed E-state index contributed by atoms with van der Waals surface area (Å²) in [5.74, 6) is -2.80. The molecule has 0 amide bonds. The van der Waals surface area contributed by atoms with E-state index >= 15 is 0 Å². The summed E-state index contributed by atoms with van der Waals surface area (Å²) in [5.41, 5.74) is -1.26. The molecule has 0 spiro atoms. The number of halogens is 4. The van der Waals surface area contributed by atoms with Gasteiger partial charge in [0.2, 0.25) is 11.6 Å². The van der Waals surface area contributed by atoms with Gasteiger partial charge in [0.05, 0.1) is 64.6 Å². The van der Waals surface area contributed by atoms with Crippen molar-refractivity contribution in [3.63, 3.8) is 0 Å². The van der Waals surface area contributed by atoms with E-state index < -0.39 is 38.3 Å². The van der Waals surface area contributed by atoms with Gasteiger partial charge in [0.25, 0.3) is 0 Å². The SMILES string of the molecule is CCOP(=O)(OCC)c1ccc(C(=O)c2[nH]c(Cl)c(Cl)c2-n2c(C(=O)c3ccc(P(=O)(OCC)OCC)cc3O)cc(Cl)c2Cl)c(O)c1. The van der Waals surface area contributed by atoms with Gasteiger partial charge >= 0.3 is 15.2 Å². The molecule has 18 heteroatoms. The average Bonchev–Trinajstić information content (AvgIpc) is 3.49. The lowest BCUT2D eigenvalue weighted by atomic mass is 10.1. The zero-order valence-electron chi connectivity index (χ0n) is 25.9. The van der Waals surface area contributed by atoms with Crippen LogP contribution in [0.3, 0.4) is 0 Å². The first-order valence-electron chi connectivity index (χ1n) is 14.4. The van der Waals surface area contributed by atoms with Gasteiger partial charge in [-0.25, -0.2) is 0 Å². The summed E-state index contributed by atoms with van der Waals surface area (Å²) in [6.45, 7) is 6.76. The monoisotopic (exact) mass is 780 g/mol. The molecule has 0 radical (unpaired) electrons. The molecule has 0 atom stereocenters.